The van der Waals surface area contributed by atoms with Crippen molar-refractivity contribution in [2.75, 3.05) is 43.5 Å². The normalized spacial score (nSPS) is 13.6. The molecule has 4 fully saturated rings. The number of fused-ring (bicyclic) bond motifs is 3. The van der Waals surface area contributed by atoms with Crippen molar-refractivity contribution < 1.29 is 104 Å². The zero-order valence-corrected chi connectivity index (χ0v) is 86.7. The van der Waals surface area contributed by atoms with Crippen LogP contribution in [0.1, 0.15) is 175 Å². The van der Waals surface area contributed by atoms with Crippen LogP contribution >= 0.6 is 45.6 Å². The third-order valence-electron chi connectivity index (χ3n) is 20.8. The number of sulfonamides is 2. The van der Waals surface area contributed by atoms with Crippen LogP contribution in [0, 0.1) is 17.5 Å². The standard InChI is InChI=1S/C33H36FN3O6S2.C28H28FN3O4S2.C27H29FN4O3S.C6H11NO4S.C3H7NO2S.C2H3ClO/c1-5-14-37(32(39)43-33(2,3)4)19-22-6-10-26(36-18-22)30-17-27-31(44-30)29(12-13-35-27)42-28-11-7-21(16-25(28)34)15-23(38)20-45(40,41)24-8-9-24;1-2-10-30-15-19-3-7-23(32-16-19)27-14-24-28(37-27)26(9-11-31-24)36-25-8-4-18(13-22(25)29)12-20(33)17-38(34,35)21-5-6-21;1-5-12-32(26(33)35-27(2,3)4)16-17-6-8-20(31-15-17)24-14-21-25(36-24)23(10-11-30-21)34-22-9-7-18(29)13-19(22)28;1-2-11-6(8)7-12(9,10)5-3-4-5;4-7(5,6)3-1-2-3;1-2(3)4/h6-7,10-13,16-18,24H,5,8-9,14-15,19-20H2,1-4H3;3-4,7-9,11,13-14,16,21,30H,2,5-6,10,12,15,17H2,1H3;6-11,13-15H,5,12,16,29H2,1-4H3;5H,2-4H2,1H3,(H,7,8);3H,1-2H2,(H2,4,5,6);1H3. The molecular formula is C99H114ClF3N12O20S7. The number of primary sulfonamides is 1. The Morgan fingerprint density at radius 3 is 1.11 bits per heavy atom. The molecule has 6 N–H and O–H groups in total. The number of nitrogens with two attached hydrogens (primary N) is 2. The van der Waals surface area contributed by atoms with Gasteiger partial charge in [-0.1, -0.05) is 51.1 Å². The van der Waals surface area contributed by atoms with Crippen molar-refractivity contribution >= 4 is 157 Å². The molecule has 43 heteroatoms. The molecule has 0 saturated heterocycles. The maximum absolute atomic E-state index is 15.0. The summed E-state index contributed by atoms with van der Waals surface area (Å²) in [5.74, 6) is -2.27. The lowest BCUT2D eigenvalue weighted by Gasteiger charge is -2.27. The van der Waals surface area contributed by atoms with E-state index in [1.165, 1.54) is 77.3 Å². The number of sulfone groups is 2. The number of ketones is 2. The second-order valence-corrected chi connectivity index (χ2v) is 47.9. The number of anilines is 1. The number of ether oxygens (including phenoxy) is 6. The predicted octanol–water partition coefficient (Wildman–Crippen LogP) is 20.1. The minimum absolute atomic E-state index is 0.0105. The molecule has 0 spiro atoms. The molecule has 3 aromatic carbocycles. The van der Waals surface area contributed by atoms with E-state index in [2.05, 4.69) is 58.5 Å². The molecule has 0 bridgehead atoms. The van der Waals surface area contributed by atoms with Gasteiger partial charge in [-0.2, -0.15) is 0 Å². The summed E-state index contributed by atoms with van der Waals surface area (Å²) in [5.41, 5.74) is 12.9. The van der Waals surface area contributed by atoms with Crippen LogP contribution in [-0.2, 0) is 101 Å². The second-order valence-electron chi connectivity index (χ2n) is 35.8. The molecule has 9 heterocycles. The van der Waals surface area contributed by atoms with Crippen LogP contribution in [0.2, 0.25) is 0 Å². The van der Waals surface area contributed by atoms with Crippen molar-refractivity contribution in [1.82, 2.24) is 49.7 Å². The Labute approximate surface area is 840 Å². The van der Waals surface area contributed by atoms with Gasteiger partial charge in [-0.15, -0.1) is 34.0 Å². The summed E-state index contributed by atoms with van der Waals surface area (Å²) in [5, 5.41) is 6.32. The summed E-state index contributed by atoms with van der Waals surface area (Å²) in [6.45, 7) is 24.0. The molecule has 142 heavy (non-hydrogen) atoms. The number of hydrogen-bond donors (Lipinski definition) is 4. The van der Waals surface area contributed by atoms with E-state index in [0.29, 0.717) is 109 Å². The molecular weight excluding hydrogens is 1990 g/mol. The van der Waals surface area contributed by atoms with Gasteiger partial charge in [0.15, 0.2) is 65.9 Å². The van der Waals surface area contributed by atoms with E-state index in [1.807, 2.05) is 121 Å². The molecule has 0 atom stereocenters. The van der Waals surface area contributed by atoms with E-state index in [1.54, 1.807) is 84.1 Å². The minimum atomic E-state index is -3.43. The fraction of sp³-hybridized carbons (Fsp3) is 0.394. The lowest BCUT2D eigenvalue weighted by Crippen LogP contribution is -2.36. The minimum Gasteiger partial charge on any atom is -0.453 e. The lowest BCUT2D eigenvalue weighted by molar-refractivity contribution is -0.116. The Morgan fingerprint density at radius 1 is 0.458 bits per heavy atom. The fourth-order valence-electron chi connectivity index (χ4n) is 13.5. The Kier molecular flexibility index (Phi) is 38.6. The van der Waals surface area contributed by atoms with Crippen LogP contribution in [0.5, 0.6) is 34.5 Å². The number of aromatic nitrogens is 6. The Morgan fingerprint density at radius 2 is 0.810 bits per heavy atom. The number of thiophene rings is 3. The van der Waals surface area contributed by atoms with Crippen molar-refractivity contribution in [3.05, 3.63) is 210 Å². The second kappa shape index (κ2) is 49.5. The van der Waals surface area contributed by atoms with E-state index in [9.17, 15) is 71.2 Å². The van der Waals surface area contributed by atoms with Crippen LogP contribution in [-0.4, -0.2) is 178 Å². The fourth-order valence-corrected chi connectivity index (χ4v) is 22.0. The summed E-state index contributed by atoms with van der Waals surface area (Å²) in [6, 6.07) is 35.3. The van der Waals surface area contributed by atoms with Crippen molar-refractivity contribution in [1.29, 1.82) is 0 Å². The van der Waals surface area contributed by atoms with Gasteiger partial charge in [0.05, 0.1) is 103 Å². The number of nitrogens with one attached hydrogen (secondary N) is 2. The van der Waals surface area contributed by atoms with Crippen molar-refractivity contribution in [2.45, 2.75) is 211 Å². The number of benzene rings is 3. The summed E-state index contributed by atoms with van der Waals surface area (Å²) in [7, 11) is -13.4. The highest BCUT2D eigenvalue weighted by Crippen LogP contribution is 2.44. The van der Waals surface area contributed by atoms with Crippen LogP contribution in [0.15, 0.2) is 165 Å². The van der Waals surface area contributed by atoms with Crippen molar-refractivity contribution in [3.8, 4) is 66.2 Å². The molecule has 0 unspecified atom stereocenters. The first kappa shape index (κ1) is 111. The molecule has 4 aliphatic rings. The summed E-state index contributed by atoms with van der Waals surface area (Å²) < 4.78 is 172. The number of nitrogen functional groups attached to an aromatic ring is 1. The average molecular weight is 2110 g/mol. The summed E-state index contributed by atoms with van der Waals surface area (Å²) in [4.78, 5) is 103. The van der Waals surface area contributed by atoms with Crippen LogP contribution in [0.25, 0.3) is 62.4 Å². The maximum Gasteiger partial charge on any atom is 0.420 e. The van der Waals surface area contributed by atoms with E-state index in [4.69, 9.17) is 34.6 Å². The molecule has 4 saturated carbocycles. The van der Waals surface area contributed by atoms with Crippen LogP contribution in [0.3, 0.4) is 0 Å². The van der Waals surface area contributed by atoms with Gasteiger partial charge in [-0.05, 0) is 238 Å². The van der Waals surface area contributed by atoms with Crippen molar-refractivity contribution in [2.24, 2.45) is 5.14 Å². The highest BCUT2D eigenvalue weighted by atomic mass is 35.5. The number of rotatable bonds is 35. The number of halogens is 4. The number of nitrogens with zero attached hydrogens (tertiary/aromatic N) is 8. The Bertz CT molecular complexity index is 6950. The quantitative estimate of drug-likeness (QED) is 0.0124. The monoisotopic (exact) mass is 2110 g/mol. The summed E-state index contributed by atoms with van der Waals surface area (Å²) in [6.07, 6.45) is 16.2. The smallest absolute Gasteiger partial charge is 0.420 e. The largest absolute Gasteiger partial charge is 0.453 e. The van der Waals surface area contributed by atoms with Gasteiger partial charge in [0, 0.05) is 107 Å². The number of hydrogen-bond acceptors (Lipinski definition) is 31. The predicted molar refractivity (Wildman–Crippen MR) is 544 cm³/mol. The molecule has 9 aromatic heterocycles. The number of carbonyl (C=O) groups excluding carboxylic acids is 6. The molecule has 4 aliphatic carbocycles. The Hall–Kier alpha value is -11.7. The van der Waals surface area contributed by atoms with E-state index in [-0.39, 0.29) is 64.6 Å². The highest BCUT2D eigenvalue weighted by molar-refractivity contribution is 7.93. The van der Waals surface area contributed by atoms with Gasteiger partial charge in [0.1, 0.15) is 40.0 Å². The van der Waals surface area contributed by atoms with Gasteiger partial charge >= 0.3 is 18.3 Å². The first-order chi connectivity index (χ1) is 67.1. The van der Waals surface area contributed by atoms with Gasteiger partial charge in [-0.25, -0.2) is 71.1 Å². The molecule has 12 aromatic rings. The molecule has 32 nitrogen and oxygen atoms in total. The molecule has 0 aliphatic heterocycles. The van der Waals surface area contributed by atoms with E-state index < -0.39 is 108 Å². The summed E-state index contributed by atoms with van der Waals surface area (Å²) >= 11 is 8.97. The average Bonchev–Trinajstić information content (AvgIpc) is 1.65. The topological polar surface area (TPSA) is 454 Å². The number of pyridine rings is 6. The lowest BCUT2D eigenvalue weighted by atomic mass is 10.1. The SMILES string of the molecule is CC(=O)Cl.CCCN(Cc1ccc(-c2cc3nccc(Oc4ccc(CC(=O)CS(=O)(=O)C5CC5)cc4F)c3s2)nc1)C(=O)OC(C)(C)C.CCCN(Cc1ccc(-c2cc3nccc(Oc4ccc(N)cc4F)c3s2)nc1)C(=O)OC(C)(C)C.CCCNCc1ccc(-c2cc3nccc(Oc4ccc(CC(=O)CS(=O)(=O)C5CC5)cc4F)c3s2)nc1.CCOC(=O)NS(=O)(=O)C1CC1.NS(=O)(=O)C1CC1. The molecule has 760 valence electrons. The molecule has 16 rings (SSSR count). The van der Waals surface area contributed by atoms with E-state index in [0.717, 1.165) is 114 Å². The van der Waals surface area contributed by atoms with Gasteiger partial charge in [0.25, 0.3) is 0 Å². The number of carbonyl (C=O) groups is 6. The van der Waals surface area contributed by atoms with Gasteiger partial charge in [0.2, 0.25) is 25.3 Å². The molecule has 3 amide bonds. The van der Waals surface area contributed by atoms with E-state index >= 15 is 4.39 Å². The van der Waals surface area contributed by atoms with Gasteiger partial charge in [-0.3, -0.25) is 44.3 Å². The van der Waals surface area contributed by atoms with Crippen molar-refractivity contribution in [3.63, 3.8) is 0 Å². The zero-order valence-electron chi connectivity index (χ0n) is 80.2. The number of Topliss-reactive ketones (excluding diaryl/α,β-unsaturated/α-hetero) is 2. The van der Waals surface area contributed by atoms with Crippen LogP contribution in [0.4, 0.5) is 33.2 Å². The highest BCUT2D eigenvalue weighted by Gasteiger charge is 2.40. The number of amides is 3. The van der Waals surface area contributed by atoms with Crippen LogP contribution < -0.4 is 35.1 Å². The zero-order chi connectivity index (χ0) is 103. The third-order valence-corrected chi connectivity index (χ3v) is 31.9. The first-order valence-electron chi connectivity index (χ1n) is 45.8. The van der Waals surface area contributed by atoms with Gasteiger partial charge < -0.3 is 49.3 Å². The third kappa shape index (κ3) is 34.3. The first-order valence-corrected chi connectivity index (χ1v) is 55.2. The maximum atomic E-state index is 15.0. The molecule has 0 radical (unpaired) electrons. The Balaban J connectivity index is 0.000000183.